The van der Waals surface area contributed by atoms with Crippen molar-refractivity contribution in [1.29, 1.82) is 0 Å². The van der Waals surface area contributed by atoms with E-state index >= 15 is 0 Å². The van der Waals surface area contributed by atoms with Gasteiger partial charge in [0.2, 0.25) is 0 Å². The maximum atomic E-state index is 12.8. The molecule has 0 fully saturated rings. The van der Waals surface area contributed by atoms with Crippen LogP contribution < -0.4 is 0 Å². The minimum absolute atomic E-state index is 0.104. The Morgan fingerprint density at radius 3 is 0.742 bits per heavy atom. The standard InChI is InChI=1S/C16H26.C13H20.C10H14.C8H6F4.C6H14.2C5H6F6.C4H7F3.C4H10.C3H8/c1-10(2)14-8-15(11(3)4)13(7)16(9-14)12(5)6;1-9(2)12-7-6-8-13(10(3)4)11(12)5;1-7-5-8(2)10(4)9(3)6-7;1-3-5(9)4(2)7(11)8(12)6(3)10;1-5-6(2,3)4;2*1-3(2,4(6,7)8)5(9,10)11;1-3(2)4(5,6)7;1-3-4-2;1-3-2/h8-12H,1-7H3;6-10H,1-5H3;5-6H,1-4H3;1-2H3;5H2,1-4H3;2*1-2H3;3H,1-2H3;3-4H2,1-2H3;3H2,1-2H3. The van der Waals surface area contributed by atoms with Crippen LogP contribution in [0.1, 0.15) is 294 Å². The van der Waals surface area contributed by atoms with E-state index in [2.05, 4.69) is 209 Å². The molecule has 0 atom stereocenters. The van der Waals surface area contributed by atoms with Gasteiger partial charge in [-0.2, -0.15) is 65.9 Å². The Balaban J connectivity index is -0.000000232. The van der Waals surface area contributed by atoms with E-state index < -0.39 is 82.0 Å². The Labute approximate surface area is 549 Å². The summed E-state index contributed by atoms with van der Waals surface area (Å²) in [4.78, 5) is 0. The topological polar surface area (TPSA) is 0 Å². The van der Waals surface area contributed by atoms with Gasteiger partial charge in [0.1, 0.15) is 5.82 Å². The fourth-order valence-corrected chi connectivity index (χ4v) is 6.71. The van der Waals surface area contributed by atoms with E-state index in [1.165, 1.54) is 86.9 Å². The van der Waals surface area contributed by atoms with Crippen molar-refractivity contribution in [2.75, 3.05) is 0 Å². The molecule has 93 heavy (non-hydrogen) atoms. The Kier molecular flexibility index (Phi) is 46.0. The van der Waals surface area contributed by atoms with E-state index in [-0.39, 0.29) is 27.7 Å². The second-order valence-electron chi connectivity index (χ2n) is 27.2. The Morgan fingerprint density at radius 2 is 0.570 bits per heavy atom. The zero-order valence-electron chi connectivity index (χ0n) is 62.0. The first kappa shape index (κ1) is 99.6. The fourth-order valence-electron chi connectivity index (χ4n) is 6.71. The largest absolute Gasteiger partial charge is 0.402 e. The van der Waals surface area contributed by atoms with E-state index in [1.807, 2.05) is 0 Å². The summed E-state index contributed by atoms with van der Waals surface area (Å²) >= 11 is 0. The number of benzene rings is 4. The lowest BCUT2D eigenvalue weighted by atomic mass is 9.85. The van der Waals surface area contributed by atoms with E-state index in [0.29, 0.717) is 35.0 Å². The highest BCUT2D eigenvalue weighted by Crippen LogP contribution is 2.50. The summed E-state index contributed by atoms with van der Waals surface area (Å²) in [6.45, 7) is 58.2. The van der Waals surface area contributed by atoms with Gasteiger partial charge in [-0.05, 0) is 174 Å². The summed E-state index contributed by atoms with van der Waals surface area (Å²) in [5.41, 5.74) is 8.38. The smallest absolute Gasteiger partial charge is 0.206 e. The van der Waals surface area contributed by atoms with Crippen LogP contribution in [-0.4, -0.2) is 30.9 Å². The monoisotopic (exact) mass is 1370 g/mol. The molecule has 0 unspecified atom stereocenters. The van der Waals surface area contributed by atoms with Crippen molar-refractivity contribution in [3.8, 4) is 0 Å². The van der Waals surface area contributed by atoms with Crippen molar-refractivity contribution >= 4 is 0 Å². The van der Waals surface area contributed by atoms with Gasteiger partial charge in [-0.3, -0.25) is 0 Å². The van der Waals surface area contributed by atoms with Gasteiger partial charge in [0, 0.05) is 17.0 Å². The predicted octanol–water partition coefficient (Wildman–Crippen LogP) is 29.5. The van der Waals surface area contributed by atoms with Gasteiger partial charge in [0.05, 0.1) is 0 Å². The minimum atomic E-state index is -5.24. The maximum Gasteiger partial charge on any atom is 0.402 e. The Bertz CT molecular complexity index is 2430. The lowest BCUT2D eigenvalue weighted by Gasteiger charge is -2.29. The molecule has 0 bridgehead atoms. The SMILES string of the molecule is CC(C)(C(F)(F)F)C(F)(F)F.CC(C)(C(F)(F)F)C(F)(F)F.CC(C)C(F)(F)F.CCC.CCC(C)(C)C.CCCC.Cc1c(C(C)C)cc(C(C)C)cc1C(C)C.Cc1c(C(C)C)cccc1C(C)C.Cc1c(F)c(C)c(F)c(F)c1F.Cc1cc(C)c(C)c(C)c1. The molecule has 546 valence electrons. The molecule has 0 aliphatic carbocycles. The number of alkyl halides is 15. The number of halogens is 19. The van der Waals surface area contributed by atoms with Crippen LogP contribution in [0.15, 0.2) is 42.5 Å². The van der Waals surface area contributed by atoms with Crippen LogP contribution in [0.3, 0.4) is 0 Å². The highest BCUT2D eigenvalue weighted by atomic mass is 19.4. The van der Waals surface area contributed by atoms with Crippen molar-refractivity contribution < 1.29 is 83.4 Å². The lowest BCUT2D eigenvalue weighted by Crippen LogP contribution is -2.44. The highest BCUT2D eigenvalue weighted by molar-refractivity contribution is 5.43. The second kappa shape index (κ2) is 43.0. The molecular weight excluding hydrogens is 1250 g/mol. The summed E-state index contributed by atoms with van der Waals surface area (Å²) in [5, 5.41) is 0. The van der Waals surface area contributed by atoms with Crippen LogP contribution in [-0.2, 0) is 0 Å². The molecule has 19 heteroatoms. The van der Waals surface area contributed by atoms with Crippen molar-refractivity contribution in [2.45, 2.75) is 308 Å². The van der Waals surface area contributed by atoms with Gasteiger partial charge < -0.3 is 0 Å². The summed E-state index contributed by atoms with van der Waals surface area (Å²) in [6, 6.07) is 15.9. The van der Waals surface area contributed by atoms with E-state index in [9.17, 15) is 83.4 Å². The second-order valence-corrected chi connectivity index (χ2v) is 27.2. The molecule has 0 N–H and O–H groups in total. The molecule has 4 aromatic carbocycles. The van der Waals surface area contributed by atoms with Gasteiger partial charge in [0.15, 0.2) is 28.3 Å². The molecule has 4 aromatic rings. The van der Waals surface area contributed by atoms with Crippen LogP contribution >= 0.6 is 0 Å². The summed E-state index contributed by atoms with van der Waals surface area (Å²) in [7, 11) is 0. The third kappa shape index (κ3) is 37.0. The minimum Gasteiger partial charge on any atom is -0.206 e. The number of aryl methyl sites for hydroxylation is 3. The van der Waals surface area contributed by atoms with Crippen LogP contribution in [0.25, 0.3) is 0 Å². The normalized spacial score (nSPS) is 11.9. The number of unbranched alkanes of at least 4 members (excludes halogenated alkanes) is 1. The van der Waals surface area contributed by atoms with Gasteiger partial charge in [-0.1, -0.05) is 212 Å². The van der Waals surface area contributed by atoms with Crippen LogP contribution in [0.4, 0.5) is 83.4 Å². The zero-order valence-corrected chi connectivity index (χ0v) is 62.0. The van der Waals surface area contributed by atoms with E-state index in [4.69, 9.17) is 0 Å². The number of hydrogen-bond acceptors (Lipinski definition) is 0. The Morgan fingerprint density at radius 1 is 0.333 bits per heavy atom. The average Bonchev–Trinajstić information content (AvgIpc) is 0.816. The van der Waals surface area contributed by atoms with E-state index in [1.54, 1.807) is 0 Å². The molecule has 0 aromatic heterocycles. The van der Waals surface area contributed by atoms with Gasteiger partial charge in [0.25, 0.3) is 0 Å². The third-order valence-corrected chi connectivity index (χ3v) is 14.9. The first-order valence-electron chi connectivity index (χ1n) is 31.7. The van der Waals surface area contributed by atoms with Crippen LogP contribution in [0.2, 0.25) is 0 Å². The van der Waals surface area contributed by atoms with Crippen molar-refractivity contribution in [3.05, 3.63) is 138 Å². The molecule has 0 spiro atoms. The van der Waals surface area contributed by atoms with Gasteiger partial charge in [-0.15, -0.1) is 0 Å². The lowest BCUT2D eigenvalue weighted by molar-refractivity contribution is -0.328. The molecular formula is C74H117F19. The first-order chi connectivity index (χ1) is 41.3. The number of hydrogen-bond donors (Lipinski definition) is 0. The first-order valence-corrected chi connectivity index (χ1v) is 31.7. The average molecular weight is 1370 g/mol. The summed E-state index contributed by atoms with van der Waals surface area (Å²) in [5.74, 6) is -3.64. The van der Waals surface area contributed by atoms with Crippen molar-refractivity contribution in [1.82, 2.24) is 0 Å². The fraction of sp³-hybridized carbons (Fsp3) is 0.676. The summed E-state index contributed by atoms with van der Waals surface area (Å²) < 4.78 is 223. The molecule has 0 nitrogen and oxygen atoms in total. The van der Waals surface area contributed by atoms with E-state index in [0.717, 1.165) is 27.7 Å². The van der Waals surface area contributed by atoms with Gasteiger partial charge >= 0.3 is 30.9 Å². The maximum absolute atomic E-state index is 12.8. The molecule has 0 aliphatic heterocycles. The number of rotatable bonds is 6. The molecule has 0 heterocycles. The van der Waals surface area contributed by atoms with Crippen molar-refractivity contribution in [2.24, 2.45) is 22.2 Å². The molecule has 0 amide bonds. The zero-order chi connectivity index (χ0) is 76.1. The molecule has 0 saturated carbocycles. The quantitative estimate of drug-likeness (QED) is 0.103. The van der Waals surface area contributed by atoms with Gasteiger partial charge in [-0.25, -0.2) is 17.6 Å². The molecule has 0 radical (unpaired) electrons. The Hall–Kier alpha value is -4.45. The van der Waals surface area contributed by atoms with Crippen LogP contribution in [0, 0.1) is 101 Å². The third-order valence-electron chi connectivity index (χ3n) is 14.9. The predicted molar refractivity (Wildman–Crippen MR) is 353 cm³/mol. The molecule has 0 aliphatic rings. The molecule has 0 saturated heterocycles. The molecule has 4 rings (SSSR count). The highest BCUT2D eigenvalue weighted by Gasteiger charge is 2.65. The summed E-state index contributed by atoms with van der Waals surface area (Å²) in [6.07, 6.45) is -19.8. The van der Waals surface area contributed by atoms with Crippen LogP contribution in [0.5, 0.6) is 0 Å². The van der Waals surface area contributed by atoms with Crippen molar-refractivity contribution in [3.63, 3.8) is 0 Å².